The van der Waals surface area contributed by atoms with Crippen molar-refractivity contribution in [3.63, 3.8) is 0 Å². The summed E-state index contributed by atoms with van der Waals surface area (Å²) in [6.07, 6.45) is 3.67. The zero-order valence-corrected chi connectivity index (χ0v) is 8.13. The van der Waals surface area contributed by atoms with E-state index in [1.165, 1.54) is 0 Å². The highest BCUT2D eigenvalue weighted by atomic mass is 32.2. The zero-order valence-electron chi connectivity index (χ0n) is 7.31. The minimum atomic E-state index is -3.70. The van der Waals surface area contributed by atoms with Crippen LogP contribution in [0.1, 0.15) is 25.7 Å². The molecule has 0 spiro atoms. The molecule has 0 radical (unpaired) electrons. The van der Waals surface area contributed by atoms with Gasteiger partial charge in [0.25, 0.3) is 10.2 Å². The van der Waals surface area contributed by atoms with Gasteiger partial charge in [-0.2, -0.15) is 18.0 Å². The van der Waals surface area contributed by atoms with E-state index in [9.17, 15) is 8.42 Å². The molecule has 6 heteroatoms. The van der Waals surface area contributed by atoms with Crippen molar-refractivity contribution in [2.45, 2.75) is 31.7 Å². The van der Waals surface area contributed by atoms with Crippen molar-refractivity contribution in [2.75, 3.05) is 6.54 Å². The van der Waals surface area contributed by atoms with Crippen LogP contribution in [0, 0.1) is 11.3 Å². The van der Waals surface area contributed by atoms with Crippen LogP contribution in [0.5, 0.6) is 0 Å². The molecule has 74 valence electrons. The molecule has 0 unspecified atom stereocenters. The molecule has 0 atom stereocenters. The SMILES string of the molecule is N#CCN(C1CCCC1)S(N)(=O)=O. The Labute approximate surface area is 78.3 Å². The molecule has 0 saturated heterocycles. The molecule has 0 aromatic rings. The number of hydrogen-bond donors (Lipinski definition) is 1. The Morgan fingerprint density at radius 2 is 2.00 bits per heavy atom. The Hall–Kier alpha value is -0.640. The summed E-state index contributed by atoms with van der Waals surface area (Å²) in [5.41, 5.74) is 0. The molecule has 5 nitrogen and oxygen atoms in total. The second-order valence-electron chi connectivity index (χ2n) is 3.19. The van der Waals surface area contributed by atoms with Crippen LogP contribution >= 0.6 is 0 Å². The fourth-order valence-electron chi connectivity index (χ4n) is 1.69. The second kappa shape index (κ2) is 4.05. The van der Waals surface area contributed by atoms with E-state index in [1.54, 1.807) is 0 Å². The fraction of sp³-hybridized carbons (Fsp3) is 0.857. The van der Waals surface area contributed by atoms with Crippen molar-refractivity contribution in [1.29, 1.82) is 5.26 Å². The van der Waals surface area contributed by atoms with Gasteiger partial charge < -0.3 is 0 Å². The monoisotopic (exact) mass is 203 g/mol. The Morgan fingerprint density at radius 3 is 2.38 bits per heavy atom. The van der Waals surface area contributed by atoms with E-state index in [1.807, 2.05) is 6.07 Å². The van der Waals surface area contributed by atoms with Gasteiger partial charge in [0.1, 0.15) is 6.54 Å². The Bertz CT molecular complexity index is 300. The second-order valence-corrected chi connectivity index (χ2v) is 4.69. The van der Waals surface area contributed by atoms with Crippen LogP contribution in [0.3, 0.4) is 0 Å². The highest BCUT2D eigenvalue weighted by Gasteiger charge is 2.29. The van der Waals surface area contributed by atoms with Gasteiger partial charge in [0.05, 0.1) is 6.07 Å². The number of nitrogens with two attached hydrogens (primary N) is 1. The molecule has 0 aromatic carbocycles. The fourth-order valence-corrected chi connectivity index (χ4v) is 2.55. The average molecular weight is 203 g/mol. The van der Waals surface area contributed by atoms with E-state index in [0.717, 1.165) is 30.0 Å². The third-order valence-corrected chi connectivity index (χ3v) is 3.37. The molecule has 0 bridgehead atoms. The molecule has 1 saturated carbocycles. The van der Waals surface area contributed by atoms with Crippen LogP contribution in [0.4, 0.5) is 0 Å². The van der Waals surface area contributed by atoms with Crippen LogP contribution in [-0.4, -0.2) is 25.3 Å². The predicted molar refractivity (Wildman–Crippen MR) is 47.7 cm³/mol. The van der Waals surface area contributed by atoms with Gasteiger partial charge in [-0.3, -0.25) is 0 Å². The molecule has 1 fully saturated rings. The summed E-state index contributed by atoms with van der Waals surface area (Å²) in [5.74, 6) is 0. The van der Waals surface area contributed by atoms with E-state index in [2.05, 4.69) is 0 Å². The maximum atomic E-state index is 11.1. The van der Waals surface area contributed by atoms with Crippen molar-refractivity contribution >= 4 is 10.2 Å². The Kier molecular flexibility index (Phi) is 3.25. The average Bonchev–Trinajstić information content (AvgIpc) is 2.49. The minimum Gasteiger partial charge on any atom is -0.216 e. The Morgan fingerprint density at radius 1 is 1.46 bits per heavy atom. The van der Waals surface area contributed by atoms with Crippen molar-refractivity contribution in [3.8, 4) is 6.07 Å². The van der Waals surface area contributed by atoms with Gasteiger partial charge in [-0.05, 0) is 12.8 Å². The Balaban J connectivity index is 2.74. The predicted octanol–water partition coefficient (Wildman–Crippen LogP) is -0.0419. The molecule has 13 heavy (non-hydrogen) atoms. The van der Waals surface area contributed by atoms with E-state index >= 15 is 0 Å². The summed E-state index contributed by atoms with van der Waals surface area (Å²) in [6.45, 7) is -0.135. The number of rotatable bonds is 3. The highest BCUT2D eigenvalue weighted by molar-refractivity contribution is 7.86. The smallest absolute Gasteiger partial charge is 0.216 e. The molecule has 2 N–H and O–H groups in total. The van der Waals surface area contributed by atoms with Gasteiger partial charge >= 0.3 is 0 Å². The quantitative estimate of drug-likeness (QED) is 0.653. The van der Waals surface area contributed by atoms with Gasteiger partial charge in [-0.25, -0.2) is 5.14 Å². The molecule has 1 aliphatic rings. The summed E-state index contributed by atoms with van der Waals surface area (Å²) in [7, 11) is -3.70. The normalized spacial score (nSPS) is 19.2. The number of nitriles is 1. The first-order chi connectivity index (χ1) is 6.05. The van der Waals surface area contributed by atoms with E-state index in [4.69, 9.17) is 10.4 Å². The van der Waals surface area contributed by atoms with Gasteiger partial charge in [-0.1, -0.05) is 12.8 Å². The summed E-state index contributed by atoms with van der Waals surface area (Å²) < 4.78 is 23.2. The third kappa shape index (κ3) is 2.66. The lowest BCUT2D eigenvalue weighted by molar-refractivity contribution is 0.350. The molecule has 0 aliphatic heterocycles. The lowest BCUT2D eigenvalue weighted by Crippen LogP contribution is -2.43. The van der Waals surface area contributed by atoms with E-state index in [-0.39, 0.29) is 12.6 Å². The van der Waals surface area contributed by atoms with Gasteiger partial charge in [-0.15, -0.1) is 0 Å². The van der Waals surface area contributed by atoms with Crippen molar-refractivity contribution in [1.82, 2.24) is 4.31 Å². The van der Waals surface area contributed by atoms with Gasteiger partial charge in [0, 0.05) is 6.04 Å². The first-order valence-electron chi connectivity index (χ1n) is 4.22. The van der Waals surface area contributed by atoms with E-state index in [0.29, 0.717) is 0 Å². The van der Waals surface area contributed by atoms with Gasteiger partial charge in [0.2, 0.25) is 0 Å². The van der Waals surface area contributed by atoms with Crippen LogP contribution in [-0.2, 0) is 10.2 Å². The van der Waals surface area contributed by atoms with Crippen LogP contribution in [0.2, 0.25) is 0 Å². The number of nitrogens with zero attached hydrogens (tertiary/aromatic N) is 2. The minimum absolute atomic E-state index is 0.0605. The molecular formula is C7H13N3O2S. The van der Waals surface area contributed by atoms with Crippen molar-refractivity contribution in [2.24, 2.45) is 5.14 Å². The largest absolute Gasteiger partial charge is 0.278 e. The highest BCUT2D eigenvalue weighted by Crippen LogP contribution is 2.24. The first kappa shape index (κ1) is 10.4. The summed E-state index contributed by atoms with van der Waals surface area (Å²) in [6, 6.07) is 1.76. The summed E-state index contributed by atoms with van der Waals surface area (Å²) in [4.78, 5) is 0. The standard InChI is InChI=1S/C7H13N3O2S/c8-5-6-10(13(9,11)12)7-3-1-2-4-7/h7H,1-4,6H2,(H2,9,11,12). The molecule has 0 amide bonds. The molecule has 1 rings (SSSR count). The topological polar surface area (TPSA) is 87.2 Å². The molecular weight excluding hydrogens is 190 g/mol. The molecule has 1 aliphatic carbocycles. The zero-order chi connectivity index (χ0) is 9.90. The van der Waals surface area contributed by atoms with Crippen molar-refractivity contribution in [3.05, 3.63) is 0 Å². The lowest BCUT2D eigenvalue weighted by atomic mass is 10.2. The third-order valence-electron chi connectivity index (χ3n) is 2.29. The lowest BCUT2D eigenvalue weighted by Gasteiger charge is -2.22. The van der Waals surface area contributed by atoms with Crippen molar-refractivity contribution < 1.29 is 8.42 Å². The molecule has 0 heterocycles. The summed E-state index contributed by atoms with van der Waals surface area (Å²) >= 11 is 0. The van der Waals surface area contributed by atoms with Crippen LogP contribution in [0.15, 0.2) is 0 Å². The maximum absolute atomic E-state index is 11.1. The molecule has 0 aromatic heterocycles. The van der Waals surface area contributed by atoms with E-state index < -0.39 is 10.2 Å². The summed E-state index contributed by atoms with van der Waals surface area (Å²) in [5, 5.41) is 13.4. The van der Waals surface area contributed by atoms with Gasteiger partial charge in [0.15, 0.2) is 0 Å². The van der Waals surface area contributed by atoms with Crippen LogP contribution in [0.25, 0.3) is 0 Å². The van der Waals surface area contributed by atoms with Crippen LogP contribution < -0.4 is 5.14 Å². The number of hydrogen-bond acceptors (Lipinski definition) is 3. The first-order valence-corrected chi connectivity index (χ1v) is 5.72. The maximum Gasteiger partial charge on any atom is 0.278 e.